The van der Waals surface area contributed by atoms with Gasteiger partial charge in [-0.05, 0) is 50.1 Å². The molecule has 0 aliphatic carbocycles. The fourth-order valence-electron chi connectivity index (χ4n) is 2.56. The van der Waals surface area contributed by atoms with E-state index >= 15 is 0 Å². The van der Waals surface area contributed by atoms with E-state index in [-0.39, 0.29) is 14.9 Å². The number of carbonyl (C=O) groups is 1. The normalized spacial score (nSPS) is 12.7. The van der Waals surface area contributed by atoms with Gasteiger partial charge in [0.1, 0.15) is 10.9 Å². The Morgan fingerprint density at radius 2 is 1.68 bits per heavy atom. The number of nitrogens with zero attached hydrogens (tertiary/aromatic N) is 1. The number of hydrogen-bond acceptors (Lipinski definition) is 3. The van der Waals surface area contributed by atoms with E-state index < -0.39 is 22.0 Å². The third-order valence-corrected chi connectivity index (χ3v) is 6.39. The molecule has 0 aromatic heterocycles. The number of para-hydroxylation sites is 1. The number of carboxylic acid groups (broad SMARTS) is 1. The molecule has 25 heavy (non-hydrogen) atoms. The van der Waals surface area contributed by atoms with Gasteiger partial charge in [0.25, 0.3) is 10.0 Å². The third-order valence-electron chi connectivity index (χ3n) is 3.80. The minimum absolute atomic E-state index is 0.0294. The molecule has 1 atom stereocenters. The van der Waals surface area contributed by atoms with E-state index in [2.05, 4.69) is 0 Å². The number of aryl methyl sites for hydroxylation is 2. The Labute approximate surface area is 156 Å². The van der Waals surface area contributed by atoms with Gasteiger partial charge in [-0.15, -0.1) is 0 Å². The second-order valence-corrected chi connectivity index (χ2v) is 8.26. The van der Waals surface area contributed by atoms with Crippen molar-refractivity contribution in [3.63, 3.8) is 0 Å². The van der Waals surface area contributed by atoms with Gasteiger partial charge in [0, 0.05) is 5.02 Å². The lowest BCUT2D eigenvalue weighted by molar-refractivity contribution is -0.137. The van der Waals surface area contributed by atoms with E-state index in [1.165, 1.54) is 25.1 Å². The molecular weight excluding hydrogens is 385 g/mol. The quantitative estimate of drug-likeness (QED) is 0.810. The molecule has 0 aliphatic rings. The van der Waals surface area contributed by atoms with Crippen LogP contribution in [0.2, 0.25) is 10.0 Å². The van der Waals surface area contributed by atoms with Gasteiger partial charge in [0.2, 0.25) is 0 Å². The van der Waals surface area contributed by atoms with Crippen LogP contribution in [0.3, 0.4) is 0 Å². The largest absolute Gasteiger partial charge is 0.480 e. The van der Waals surface area contributed by atoms with Crippen LogP contribution in [0.5, 0.6) is 0 Å². The van der Waals surface area contributed by atoms with Crippen LogP contribution in [0.25, 0.3) is 0 Å². The third kappa shape index (κ3) is 3.76. The molecule has 0 spiro atoms. The second-order valence-electron chi connectivity index (χ2n) is 5.63. The second kappa shape index (κ2) is 7.23. The Morgan fingerprint density at radius 3 is 2.20 bits per heavy atom. The molecule has 2 aromatic rings. The molecule has 0 saturated carbocycles. The summed E-state index contributed by atoms with van der Waals surface area (Å²) in [4.78, 5) is 11.4. The smallest absolute Gasteiger partial charge is 0.327 e. The zero-order valence-corrected chi connectivity index (χ0v) is 16.2. The van der Waals surface area contributed by atoms with Crippen LogP contribution >= 0.6 is 23.2 Å². The molecule has 0 fully saturated rings. The van der Waals surface area contributed by atoms with E-state index in [0.29, 0.717) is 16.8 Å². The van der Waals surface area contributed by atoms with E-state index in [0.717, 1.165) is 4.31 Å². The summed E-state index contributed by atoms with van der Waals surface area (Å²) in [6.45, 7) is 4.75. The average molecular weight is 402 g/mol. The topological polar surface area (TPSA) is 74.7 Å². The number of aliphatic carboxylic acids is 1. The highest BCUT2D eigenvalue weighted by Gasteiger charge is 2.36. The Kier molecular flexibility index (Phi) is 5.66. The van der Waals surface area contributed by atoms with E-state index in [1.54, 1.807) is 32.0 Å². The number of anilines is 1. The minimum atomic E-state index is -4.26. The molecular formula is C17H17Cl2NO4S. The molecule has 0 radical (unpaired) electrons. The first-order chi connectivity index (χ1) is 11.6. The lowest BCUT2D eigenvalue weighted by Gasteiger charge is -2.31. The van der Waals surface area contributed by atoms with Crippen LogP contribution in [0.15, 0.2) is 41.3 Å². The van der Waals surface area contributed by atoms with Gasteiger partial charge >= 0.3 is 5.97 Å². The molecule has 134 valence electrons. The van der Waals surface area contributed by atoms with Crippen molar-refractivity contribution in [2.24, 2.45) is 0 Å². The number of halogens is 2. The first-order valence-corrected chi connectivity index (χ1v) is 9.55. The van der Waals surface area contributed by atoms with Crippen molar-refractivity contribution in [2.75, 3.05) is 4.31 Å². The number of hydrogen-bond donors (Lipinski definition) is 1. The predicted molar refractivity (Wildman–Crippen MR) is 99.1 cm³/mol. The summed E-state index contributed by atoms with van der Waals surface area (Å²) in [6, 6.07) is 7.93. The molecule has 0 saturated heterocycles. The molecule has 8 heteroatoms. The molecule has 0 heterocycles. The maximum atomic E-state index is 13.3. The highest BCUT2D eigenvalue weighted by molar-refractivity contribution is 7.93. The molecule has 1 N–H and O–H groups in total. The van der Waals surface area contributed by atoms with Crippen LogP contribution in [-0.2, 0) is 14.8 Å². The predicted octanol–water partition coefficient (Wildman–Crippen LogP) is 4.28. The number of benzene rings is 2. The van der Waals surface area contributed by atoms with Gasteiger partial charge in [0.15, 0.2) is 0 Å². The van der Waals surface area contributed by atoms with Crippen molar-refractivity contribution in [3.05, 3.63) is 57.6 Å². The van der Waals surface area contributed by atoms with E-state index in [1.807, 2.05) is 0 Å². The Bertz CT molecular complexity index is 908. The van der Waals surface area contributed by atoms with E-state index in [4.69, 9.17) is 23.2 Å². The van der Waals surface area contributed by atoms with Crippen LogP contribution < -0.4 is 4.31 Å². The molecule has 2 aromatic carbocycles. The number of rotatable bonds is 5. The van der Waals surface area contributed by atoms with Gasteiger partial charge in [-0.25, -0.2) is 13.2 Å². The first kappa shape index (κ1) is 19.6. The zero-order valence-electron chi connectivity index (χ0n) is 13.8. The maximum Gasteiger partial charge on any atom is 0.327 e. The summed E-state index contributed by atoms with van der Waals surface area (Å²) in [5.74, 6) is -1.27. The highest BCUT2D eigenvalue weighted by atomic mass is 35.5. The standard InChI is InChI=1S/C17H17Cl2NO4S/c1-10-5-4-6-11(2)16(10)20(12(3)17(21)22)25(23,24)15-9-13(18)7-8-14(15)19/h4-9,12H,1-3H3,(H,21,22). The zero-order chi connectivity index (χ0) is 18.9. The summed E-state index contributed by atoms with van der Waals surface area (Å²) < 4.78 is 27.4. The van der Waals surface area contributed by atoms with Crippen LogP contribution in [0, 0.1) is 13.8 Å². The first-order valence-electron chi connectivity index (χ1n) is 7.36. The lowest BCUT2D eigenvalue weighted by Crippen LogP contribution is -2.44. The molecule has 5 nitrogen and oxygen atoms in total. The molecule has 1 unspecified atom stereocenters. The molecule has 0 amide bonds. The van der Waals surface area contributed by atoms with Gasteiger partial charge in [-0.3, -0.25) is 4.31 Å². The van der Waals surface area contributed by atoms with Crippen molar-refractivity contribution >= 4 is 44.9 Å². The lowest BCUT2D eigenvalue weighted by atomic mass is 10.1. The summed E-state index contributed by atoms with van der Waals surface area (Å²) in [5, 5.41) is 9.62. The van der Waals surface area contributed by atoms with Crippen molar-refractivity contribution in [1.29, 1.82) is 0 Å². The molecule has 2 rings (SSSR count). The number of carboxylic acids is 1. The van der Waals surface area contributed by atoms with Gasteiger partial charge in [-0.2, -0.15) is 0 Å². The van der Waals surface area contributed by atoms with Crippen LogP contribution in [0.4, 0.5) is 5.69 Å². The fourth-order valence-corrected chi connectivity index (χ4v) is 5.04. The van der Waals surface area contributed by atoms with Crippen molar-refractivity contribution in [1.82, 2.24) is 0 Å². The van der Waals surface area contributed by atoms with Gasteiger partial charge in [0.05, 0.1) is 10.7 Å². The highest BCUT2D eigenvalue weighted by Crippen LogP contribution is 2.35. The Hall–Kier alpha value is -1.76. The fraction of sp³-hybridized carbons (Fsp3) is 0.235. The van der Waals surface area contributed by atoms with Crippen LogP contribution in [0.1, 0.15) is 18.1 Å². The SMILES string of the molecule is Cc1cccc(C)c1N(C(C)C(=O)O)S(=O)(=O)c1cc(Cl)ccc1Cl. The maximum absolute atomic E-state index is 13.3. The molecule has 0 bridgehead atoms. The summed E-state index contributed by atoms with van der Waals surface area (Å²) in [5.41, 5.74) is 1.58. The Balaban J connectivity index is 2.80. The van der Waals surface area contributed by atoms with Gasteiger partial charge in [-0.1, -0.05) is 41.4 Å². The number of sulfonamides is 1. The van der Waals surface area contributed by atoms with Gasteiger partial charge < -0.3 is 5.11 Å². The van der Waals surface area contributed by atoms with Crippen molar-refractivity contribution in [2.45, 2.75) is 31.7 Å². The summed E-state index contributed by atoms with van der Waals surface area (Å²) in [7, 11) is -4.26. The average Bonchev–Trinajstić information content (AvgIpc) is 2.52. The van der Waals surface area contributed by atoms with Crippen molar-refractivity contribution in [3.8, 4) is 0 Å². The molecule has 0 aliphatic heterocycles. The van der Waals surface area contributed by atoms with Crippen molar-refractivity contribution < 1.29 is 18.3 Å². The summed E-state index contributed by atoms with van der Waals surface area (Å²) >= 11 is 12.0. The van der Waals surface area contributed by atoms with Crippen LogP contribution in [-0.4, -0.2) is 25.5 Å². The monoisotopic (exact) mass is 401 g/mol. The Morgan fingerprint density at radius 1 is 1.12 bits per heavy atom. The summed E-state index contributed by atoms with van der Waals surface area (Å²) in [6.07, 6.45) is 0. The van der Waals surface area contributed by atoms with E-state index in [9.17, 15) is 18.3 Å². The minimum Gasteiger partial charge on any atom is -0.480 e.